The zero-order valence-corrected chi connectivity index (χ0v) is 10.6. The van der Waals surface area contributed by atoms with Crippen molar-refractivity contribution in [3.8, 4) is 0 Å². The van der Waals surface area contributed by atoms with Gasteiger partial charge in [0.15, 0.2) is 0 Å². The van der Waals surface area contributed by atoms with Gasteiger partial charge in [-0.2, -0.15) is 0 Å². The van der Waals surface area contributed by atoms with Crippen LogP contribution in [0.1, 0.15) is 19.5 Å². The number of nitrogen functional groups attached to an aromatic ring is 1. The molecule has 0 aliphatic rings. The van der Waals surface area contributed by atoms with E-state index in [1.807, 2.05) is 25.1 Å². The number of nitrogens with two attached hydrogens (primary N) is 1. The molecular weight excluding hydrogens is 216 g/mol. The van der Waals surface area contributed by atoms with Crippen molar-refractivity contribution in [2.45, 2.75) is 20.4 Å². The van der Waals surface area contributed by atoms with Crippen molar-refractivity contribution in [3.63, 3.8) is 0 Å². The average Bonchev–Trinajstić information content (AvgIpc) is 2.38. The Hall–Kier alpha value is -1.17. The molecule has 1 aromatic rings. The van der Waals surface area contributed by atoms with Gasteiger partial charge in [-0.05, 0) is 25.6 Å². The normalized spacial score (nSPS) is 10.8. The average molecular weight is 238 g/mol. The Kier molecular flexibility index (Phi) is 6.54. The summed E-state index contributed by atoms with van der Waals surface area (Å²) in [5.41, 5.74) is 3.57. The van der Waals surface area contributed by atoms with E-state index in [2.05, 4.69) is 22.2 Å². The van der Waals surface area contributed by atoms with Gasteiger partial charge in [-0.15, -0.1) is 0 Å². The molecule has 0 spiro atoms. The van der Waals surface area contributed by atoms with Crippen molar-refractivity contribution in [1.29, 1.82) is 0 Å². The highest BCUT2D eigenvalue weighted by molar-refractivity contribution is 5.33. The third-order valence-electron chi connectivity index (χ3n) is 2.54. The van der Waals surface area contributed by atoms with Crippen molar-refractivity contribution in [3.05, 3.63) is 23.9 Å². The van der Waals surface area contributed by atoms with Crippen LogP contribution in [0.3, 0.4) is 0 Å². The SMILES string of the molecule is CCOCCN(CC)Cc1cccc(NN)n1. The summed E-state index contributed by atoms with van der Waals surface area (Å²) in [6.45, 7) is 8.40. The van der Waals surface area contributed by atoms with Crippen LogP contribution in [0.4, 0.5) is 5.82 Å². The molecule has 0 aliphatic carbocycles. The van der Waals surface area contributed by atoms with Crippen LogP contribution in [0.5, 0.6) is 0 Å². The zero-order valence-electron chi connectivity index (χ0n) is 10.6. The summed E-state index contributed by atoms with van der Waals surface area (Å²) in [6.07, 6.45) is 0. The van der Waals surface area contributed by atoms with Crippen LogP contribution in [-0.4, -0.2) is 36.2 Å². The second-order valence-electron chi connectivity index (χ2n) is 3.72. The highest BCUT2D eigenvalue weighted by atomic mass is 16.5. The number of anilines is 1. The molecule has 0 atom stereocenters. The Morgan fingerprint density at radius 1 is 1.41 bits per heavy atom. The Balaban J connectivity index is 2.48. The minimum absolute atomic E-state index is 0.698. The van der Waals surface area contributed by atoms with Gasteiger partial charge < -0.3 is 10.2 Å². The molecule has 0 fully saturated rings. The van der Waals surface area contributed by atoms with Gasteiger partial charge in [0.1, 0.15) is 5.82 Å². The van der Waals surface area contributed by atoms with Crippen LogP contribution in [0.15, 0.2) is 18.2 Å². The highest BCUT2D eigenvalue weighted by Gasteiger charge is 2.05. The van der Waals surface area contributed by atoms with Crippen LogP contribution in [0.2, 0.25) is 0 Å². The lowest BCUT2D eigenvalue weighted by Crippen LogP contribution is -2.27. The molecule has 5 nitrogen and oxygen atoms in total. The number of pyridine rings is 1. The summed E-state index contributed by atoms with van der Waals surface area (Å²) in [6, 6.07) is 5.80. The molecule has 96 valence electrons. The maximum Gasteiger partial charge on any atom is 0.140 e. The summed E-state index contributed by atoms with van der Waals surface area (Å²) < 4.78 is 5.35. The van der Waals surface area contributed by atoms with E-state index in [4.69, 9.17) is 10.6 Å². The zero-order chi connectivity index (χ0) is 12.5. The number of aromatic nitrogens is 1. The second-order valence-corrected chi connectivity index (χ2v) is 3.72. The Labute approximate surface area is 103 Å². The van der Waals surface area contributed by atoms with Gasteiger partial charge in [-0.1, -0.05) is 13.0 Å². The number of hydrogen-bond donors (Lipinski definition) is 2. The van der Waals surface area contributed by atoms with Gasteiger partial charge in [0.25, 0.3) is 0 Å². The molecule has 1 rings (SSSR count). The van der Waals surface area contributed by atoms with E-state index < -0.39 is 0 Å². The first-order valence-electron chi connectivity index (χ1n) is 6.02. The fourth-order valence-electron chi connectivity index (χ4n) is 1.56. The smallest absolute Gasteiger partial charge is 0.140 e. The van der Waals surface area contributed by atoms with E-state index in [9.17, 15) is 0 Å². The first-order chi connectivity index (χ1) is 8.30. The maximum atomic E-state index is 5.35. The molecule has 1 aromatic heterocycles. The van der Waals surface area contributed by atoms with Crippen LogP contribution >= 0.6 is 0 Å². The van der Waals surface area contributed by atoms with E-state index in [0.717, 1.165) is 38.5 Å². The van der Waals surface area contributed by atoms with Crippen molar-refractivity contribution < 1.29 is 4.74 Å². The number of nitrogens with zero attached hydrogens (tertiary/aromatic N) is 2. The number of rotatable bonds is 8. The van der Waals surface area contributed by atoms with E-state index >= 15 is 0 Å². The molecule has 0 saturated heterocycles. The molecule has 1 heterocycles. The summed E-state index contributed by atoms with van der Waals surface area (Å²) in [4.78, 5) is 6.68. The van der Waals surface area contributed by atoms with Gasteiger partial charge in [-0.25, -0.2) is 10.8 Å². The van der Waals surface area contributed by atoms with Crippen LogP contribution < -0.4 is 11.3 Å². The molecule has 0 aliphatic heterocycles. The number of hydrogen-bond acceptors (Lipinski definition) is 5. The maximum absolute atomic E-state index is 5.35. The first kappa shape index (κ1) is 13.9. The predicted octanol–water partition coefficient (Wildman–Crippen LogP) is 1.23. The predicted molar refractivity (Wildman–Crippen MR) is 69.5 cm³/mol. The molecule has 0 unspecified atom stereocenters. The highest BCUT2D eigenvalue weighted by Crippen LogP contribution is 2.06. The Bertz CT molecular complexity index is 319. The summed E-state index contributed by atoms with van der Waals surface area (Å²) in [7, 11) is 0. The summed E-state index contributed by atoms with van der Waals surface area (Å²) >= 11 is 0. The minimum Gasteiger partial charge on any atom is -0.380 e. The van der Waals surface area contributed by atoms with Gasteiger partial charge >= 0.3 is 0 Å². The van der Waals surface area contributed by atoms with Crippen LogP contribution in [0, 0.1) is 0 Å². The van der Waals surface area contributed by atoms with Crippen molar-refractivity contribution >= 4 is 5.82 Å². The molecule has 17 heavy (non-hydrogen) atoms. The standard InChI is InChI=1S/C12H22N4O/c1-3-16(8-9-17-4-2)10-11-6-5-7-12(14-11)15-13/h5-7H,3-4,8-10,13H2,1-2H3,(H,14,15). The molecule has 5 heteroatoms. The molecule has 0 saturated carbocycles. The van der Waals surface area contributed by atoms with Crippen LogP contribution in [-0.2, 0) is 11.3 Å². The second kappa shape index (κ2) is 8.00. The molecule has 0 radical (unpaired) electrons. The number of nitrogens with one attached hydrogen (secondary N) is 1. The number of likely N-dealkylation sites (N-methyl/N-ethyl adjacent to an activating group) is 1. The van der Waals surface area contributed by atoms with Crippen molar-refractivity contribution in [2.24, 2.45) is 5.84 Å². The van der Waals surface area contributed by atoms with E-state index in [0.29, 0.717) is 5.82 Å². The van der Waals surface area contributed by atoms with Crippen molar-refractivity contribution in [2.75, 3.05) is 31.7 Å². The first-order valence-corrected chi connectivity index (χ1v) is 6.02. The largest absolute Gasteiger partial charge is 0.380 e. The summed E-state index contributed by atoms with van der Waals surface area (Å²) in [5.74, 6) is 6.03. The van der Waals surface area contributed by atoms with Gasteiger partial charge in [0, 0.05) is 19.7 Å². The van der Waals surface area contributed by atoms with Gasteiger partial charge in [0.2, 0.25) is 0 Å². The van der Waals surface area contributed by atoms with Crippen molar-refractivity contribution in [1.82, 2.24) is 9.88 Å². The topological polar surface area (TPSA) is 63.4 Å². The summed E-state index contributed by atoms with van der Waals surface area (Å²) in [5, 5.41) is 0. The van der Waals surface area contributed by atoms with E-state index in [1.54, 1.807) is 0 Å². The Morgan fingerprint density at radius 2 is 2.24 bits per heavy atom. The lowest BCUT2D eigenvalue weighted by atomic mass is 10.3. The fourth-order valence-corrected chi connectivity index (χ4v) is 1.56. The lowest BCUT2D eigenvalue weighted by molar-refractivity contribution is 0.112. The minimum atomic E-state index is 0.698. The lowest BCUT2D eigenvalue weighted by Gasteiger charge is -2.19. The number of ether oxygens (including phenoxy) is 1. The quantitative estimate of drug-likeness (QED) is 0.405. The van der Waals surface area contributed by atoms with Crippen LogP contribution in [0.25, 0.3) is 0 Å². The van der Waals surface area contributed by atoms with E-state index in [-0.39, 0.29) is 0 Å². The van der Waals surface area contributed by atoms with E-state index in [1.165, 1.54) is 0 Å². The fraction of sp³-hybridized carbons (Fsp3) is 0.583. The third-order valence-corrected chi connectivity index (χ3v) is 2.54. The third kappa shape index (κ3) is 5.12. The van der Waals surface area contributed by atoms with Gasteiger partial charge in [-0.3, -0.25) is 4.90 Å². The molecule has 0 amide bonds. The molecular formula is C12H22N4O. The molecule has 0 aromatic carbocycles. The molecule has 0 bridgehead atoms. The number of hydrazine groups is 1. The Morgan fingerprint density at radius 3 is 2.88 bits per heavy atom. The molecule has 3 N–H and O–H groups in total. The van der Waals surface area contributed by atoms with Gasteiger partial charge in [0.05, 0.1) is 12.3 Å². The monoisotopic (exact) mass is 238 g/mol.